The van der Waals surface area contributed by atoms with Gasteiger partial charge in [0.15, 0.2) is 10.8 Å². The number of aromatic nitrogens is 3. The first kappa shape index (κ1) is 14.2. The van der Waals surface area contributed by atoms with Crippen LogP contribution in [-0.2, 0) is 4.74 Å². The third kappa shape index (κ3) is 3.48. The van der Waals surface area contributed by atoms with Crippen LogP contribution in [0, 0.1) is 6.92 Å². The van der Waals surface area contributed by atoms with Gasteiger partial charge in [-0.2, -0.15) is 4.98 Å². The van der Waals surface area contributed by atoms with Gasteiger partial charge < -0.3 is 14.8 Å². The number of ether oxygens (including phenoxy) is 2. The molecule has 1 N–H and O–H groups in total. The highest BCUT2D eigenvalue weighted by Gasteiger charge is 2.16. The molecule has 0 saturated carbocycles. The molecule has 0 radical (unpaired) electrons. The summed E-state index contributed by atoms with van der Waals surface area (Å²) in [4.78, 5) is 13.4. The van der Waals surface area contributed by atoms with E-state index >= 15 is 0 Å². The smallest absolute Gasteiger partial charge is 0.218 e. The van der Waals surface area contributed by atoms with Crippen LogP contribution in [0.2, 0.25) is 0 Å². The fourth-order valence-electron chi connectivity index (χ4n) is 2.21. The van der Waals surface area contributed by atoms with E-state index in [0.717, 1.165) is 42.6 Å². The van der Waals surface area contributed by atoms with E-state index in [1.165, 1.54) is 11.3 Å². The molecule has 0 unspecified atom stereocenters. The lowest BCUT2D eigenvalue weighted by Crippen LogP contribution is -2.28. The molecule has 21 heavy (non-hydrogen) atoms. The van der Waals surface area contributed by atoms with Crippen molar-refractivity contribution in [1.29, 1.82) is 0 Å². The summed E-state index contributed by atoms with van der Waals surface area (Å²) >= 11 is 1.54. The summed E-state index contributed by atoms with van der Waals surface area (Å²) in [6, 6.07) is 2.20. The Kier molecular flexibility index (Phi) is 4.31. The van der Waals surface area contributed by atoms with E-state index in [1.807, 2.05) is 18.4 Å². The van der Waals surface area contributed by atoms with Gasteiger partial charge in [-0.1, -0.05) is 0 Å². The molecule has 0 spiro atoms. The molecule has 7 heteroatoms. The minimum absolute atomic E-state index is 0.379. The zero-order valence-electron chi connectivity index (χ0n) is 12.1. The molecule has 6 nitrogen and oxygen atoms in total. The number of methoxy groups -OCH3 is 1. The molecule has 1 aliphatic heterocycles. The lowest BCUT2D eigenvalue weighted by atomic mass is 10.1. The van der Waals surface area contributed by atoms with Crippen molar-refractivity contribution in [3.8, 4) is 16.7 Å². The molecule has 2 aromatic heterocycles. The molecule has 3 rings (SSSR count). The molecular formula is C14H18N4O2S. The van der Waals surface area contributed by atoms with Crippen molar-refractivity contribution >= 4 is 17.2 Å². The molecule has 0 atom stereocenters. The zero-order valence-corrected chi connectivity index (χ0v) is 12.9. The summed E-state index contributed by atoms with van der Waals surface area (Å²) in [6.07, 6.45) is 1.97. The Bertz CT molecular complexity index is 611. The van der Waals surface area contributed by atoms with Gasteiger partial charge in [0.2, 0.25) is 5.88 Å². The summed E-state index contributed by atoms with van der Waals surface area (Å²) in [6.45, 7) is 3.54. The van der Waals surface area contributed by atoms with Crippen molar-refractivity contribution in [2.75, 3.05) is 25.6 Å². The van der Waals surface area contributed by atoms with Crippen molar-refractivity contribution < 1.29 is 9.47 Å². The molecular weight excluding hydrogens is 288 g/mol. The second kappa shape index (κ2) is 6.36. The molecule has 1 fully saturated rings. The van der Waals surface area contributed by atoms with E-state index < -0.39 is 0 Å². The molecule has 112 valence electrons. The monoisotopic (exact) mass is 306 g/mol. The molecule has 1 aliphatic rings. The number of rotatable bonds is 4. The number of nitrogens with zero attached hydrogens (tertiary/aromatic N) is 3. The summed E-state index contributed by atoms with van der Waals surface area (Å²) in [5, 5.41) is 6.23. The highest BCUT2D eigenvalue weighted by atomic mass is 32.1. The van der Waals surface area contributed by atoms with Gasteiger partial charge in [-0.05, 0) is 19.8 Å². The first-order chi connectivity index (χ1) is 10.2. The van der Waals surface area contributed by atoms with Gasteiger partial charge in [0.05, 0.1) is 7.11 Å². The zero-order chi connectivity index (χ0) is 14.7. The van der Waals surface area contributed by atoms with Crippen molar-refractivity contribution in [1.82, 2.24) is 15.0 Å². The normalized spacial score (nSPS) is 15.9. The van der Waals surface area contributed by atoms with E-state index in [4.69, 9.17) is 9.47 Å². The lowest BCUT2D eigenvalue weighted by Gasteiger charge is -2.23. The fraction of sp³-hybridized carbons (Fsp3) is 0.500. The van der Waals surface area contributed by atoms with Gasteiger partial charge in [0.1, 0.15) is 5.82 Å². The first-order valence-corrected chi connectivity index (χ1v) is 7.82. The summed E-state index contributed by atoms with van der Waals surface area (Å²) in [7, 11) is 1.61. The van der Waals surface area contributed by atoms with Crippen molar-refractivity contribution in [2.24, 2.45) is 0 Å². The summed E-state index contributed by atoms with van der Waals surface area (Å²) in [5.74, 6) is 1.92. The predicted octanol–water partition coefficient (Wildman–Crippen LogP) is 2.51. The van der Waals surface area contributed by atoms with Crippen molar-refractivity contribution in [2.45, 2.75) is 25.8 Å². The van der Waals surface area contributed by atoms with Gasteiger partial charge in [-0.25, -0.2) is 9.97 Å². The topological polar surface area (TPSA) is 69.2 Å². The number of anilines is 1. The van der Waals surface area contributed by atoms with Crippen LogP contribution in [0.1, 0.15) is 18.5 Å². The number of thiazole rings is 1. The molecule has 0 aliphatic carbocycles. The second-order valence-corrected chi connectivity index (χ2v) is 5.80. The highest BCUT2D eigenvalue weighted by molar-refractivity contribution is 7.13. The van der Waals surface area contributed by atoms with Crippen molar-refractivity contribution in [3.63, 3.8) is 0 Å². The molecule has 1 saturated heterocycles. The standard InChI is InChI=1S/C14H18N4O2S/c1-9-8-21-14(15-9)13-17-11(7-12(18-13)19-2)16-10-3-5-20-6-4-10/h7-8,10H,3-6H2,1-2H3,(H,16,17,18). The third-order valence-electron chi connectivity index (χ3n) is 3.30. The van der Waals surface area contributed by atoms with E-state index in [-0.39, 0.29) is 0 Å². The Morgan fingerprint density at radius 1 is 1.29 bits per heavy atom. The van der Waals surface area contributed by atoms with Gasteiger partial charge in [0, 0.05) is 36.4 Å². The van der Waals surface area contributed by atoms with Gasteiger partial charge in [0.25, 0.3) is 0 Å². The van der Waals surface area contributed by atoms with Crippen LogP contribution in [-0.4, -0.2) is 41.3 Å². The maximum absolute atomic E-state index is 5.37. The largest absolute Gasteiger partial charge is 0.481 e. The van der Waals surface area contributed by atoms with E-state index in [0.29, 0.717) is 17.7 Å². The Labute approximate surface area is 127 Å². The molecule has 0 aromatic carbocycles. The second-order valence-electron chi connectivity index (χ2n) is 4.94. The quantitative estimate of drug-likeness (QED) is 0.936. The molecule has 0 amide bonds. The number of hydrogen-bond donors (Lipinski definition) is 1. The third-order valence-corrected chi connectivity index (χ3v) is 4.25. The SMILES string of the molecule is COc1cc(NC2CCOCC2)nc(-c2nc(C)cs2)n1. The predicted molar refractivity (Wildman–Crippen MR) is 81.9 cm³/mol. The minimum atomic E-state index is 0.379. The maximum Gasteiger partial charge on any atom is 0.218 e. The average Bonchev–Trinajstić information content (AvgIpc) is 2.94. The van der Waals surface area contributed by atoms with Crippen LogP contribution in [0.25, 0.3) is 10.8 Å². The number of nitrogens with one attached hydrogen (secondary N) is 1. The van der Waals surface area contributed by atoms with Gasteiger partial charge in [-0.15, -0.1) is 11.3 Å². The Hall–Kier alpha value is -1.73. The maximum atomic E-state index is 5.37. The Balaban J connectivity index is 1.85. The van der Waals surface area contributed by atoms with E-state index in [2.05, 4.69) is 20.3 Å². The average molecular weight is 306 g/mol. The summed E-state index contributed by atoms with van der Waals surface area (Å²) < 4.78 is 10.6. The highest BCUT2D eigenvalue weighted by Crippen LogP contribution is 2.25. The van der Waals surface area contributed by atoms with E-state index in [9.17, 15) is 0 Å². The van der Waals surface area contributed by atoms with Crippen LogP contribution in [0.15, 0.2) is 11.4 Å². The lowest BCUT2D eigenvalue weighted by molar-refractivity contribution is 0.0904. The van der Waals surface area contributed by atoms with Crippen LogP contribution >= 0.6 is 11.3 Å². The first-order valence-electron chi connectivity index (χ1n) is 6.94. The molecule has 2 aromatic rings. The van der Waals surface area contributed by atoms with Crippen LogP contribution in [0.5, 0.6) is 5.88 Å². The number of aryl methyl sites for hydroxylation is 1. The molecule has 3 heterocycles. The van der Waals surface area contributed by atoms with Crippen LogP contribution < -0.4 is 10.1 Å². The fourth-order valence-corrected chi connectivity index (χ4v) is 2.94. The Morgan fingerprint density at radius 2 is 2.10 bits per heavy atom. The van der Waals surface area contributed by atoms with Gasteiger partial charge in [-0.3, -0.25) is 0 Å². The van der Waals surface area contributed by atoms with Crippen LogP contribution in [0.4, 0.5) is 5.82 Å². The molecule has 0 bridgehead atoms. The van der Waals surface area contributed by atoms with Crippen LogP contribution in [0.3, 0.4) is 0 Å². The van der Waals surface area contributed by atoms with Crippen molar-refractivity contribution in [3.05, 3.63) is 17.1 Å². The Morgan fingerprint density at radius 3 is 2.76 bits per heavy atom. The van der Waals surface area contributed by atoms with E-state index in [1.54, 1.807) is 7.11 Å². The minimum Gasteiger partial charge on any atom is -0.481 e. The number of hydrogen-bond acceptors (Lipinski definition) is 7. The summed E-state index contributed by atoms with van der Waals surface area (Å²) in [5.41, 5.74) is 0.973. The van der Waals surface area contributed by atoms with Gasteiger partial charge >= 0.3 is 0 Å².